The van der Waals surface area contributed by atoms with E-state index in [-0.39, 0.29) is 28.4 Å². The first kappa shape index (κ1) is 10.4. The van der Waals surface area contributed by atoms with Gasteiger partial charge in [0.25, 0.3) is 0 Å². The molecule has 7 heteroatoms. The zero-order valence-corrected chi connectivity index (χ0v) is 9.95. The molecule has 0 saturated heterocycles. The van der Waals surface area contributed by atoms with Crippen LogP contribution in [0.15, 0.2) is 21.1 Å². The number of halogens is 2. The fraction of sp³-hybridized carbons (Fsp3) is 0.100. The van der Waals surface area contributed by atoms with Crippen LogP contribution in [0.5, 0.6) is 11.5 Å². The first-order valence-electron chi connectivity index (χ1n) is 4.67. The van der Waals surface area contributed by atoms with Crippen LogP contribution in [0.4, 0.5) is 10.2 Å². The molecule has 3 rings (SSSR count). The van der Waals surface area contributed by atoms with Gasteiger partial charge in [0.05, 0.1) is 5.56 Å². The maximum Gasteiger partial charge on any atom is 0.231 e. The van der Waals surface area contributed by atoms with Crippen molar-refractivity contribution in [3.8, 4) is 22.8 Å². The lowest BCUT2D eigenvalue weighted by atomic mass is 10.1. The largest absolute Gasteiger partial charge is 0.454 e. The molecule has 0 fully saturated rings. The van der Waals surface area contributed by atoms with Gasteiger partial charge < -0.3 is 19.7 Å². The van der Waals surface area contributed by atoms with Crippen LogP contribution in [0.3, 0.4) is 0 Å². The number of nitrogen functional groups attached to an aromatic ring is 1. The molecule has 1 aliphatic heterocycles. The van der Waals surface area contributed by atoms with Crippen molar-refractivity contribution in [2.45, 2.75) is 0 Å². The van der Waals surface area contributed by atoms with Gasteiger partial charge in [-0.05, 0) is 22.0 Å². The van der Waals surface area contributed by atoms with Gasteiger partial charge in [-0.3, -0.25) is 0 Å². The third-order valence-electron chi connectivity index (χ3n) is 2.34. The molecule has 2 aromatic rings. The van der Waals surface area contributed by atoms with E-state index < -0.39 is 5.82 Å². The Labute approximate surface area is 103 Å². The Morgan fingerprint density at radius 3 is 2.88 bits per heavy atom. The van der Waals surface area contributed by atoms with E-state index in [0.717, 1.165) is 0 Å². The van der Waals surface area contributed by atoms with Crippen molar-refractivity contribution in [2.24, 2.45) is 0 Å². The number of rotatable bonds is 1. The minimum absolute atomic E-state index is 0.0649. The minimum Gasteiger partial charge on any atom is -0.454 e. The van der Waals surface area contributed by atoms with E-state index in [0.29, 0.717) is 11.5 Å². The number of anilines is 1. The van der Waals surface area contributed by atoms with Crippen molar-refractivity contribution in [3.63, 3.8) is 0 Å². The molecule has 2 heterocycles. The molecule has 0 unspecified atom stereocenters. The second kappa shape index (κ2) is 3.63. The highest BCUT2D eigenvalue weighted by atomic mass is 79.9. The second-order valence-electron chi connectivity index (χ2n) is 3.40. The number of hydrogen-bond donors (Lipinski definition) is 1. The summed E-state index contributed by atoms with van der Waals surface area (Å²) in [4.78, 5) is 0. The smallest absolute Gasteiger partial charge is 0.231 e. The van der Waals surface area contributed by atoms with Crippen LogP contribution in [0.2, 0.25) is 0 Å². The van der Waals surface area contributed by atoms with E-state index in [4.69, 9.17) is 19.7 Å². The highest BCUT2D eigenvalue weighted by Gasteiger charge is 2.25. The van der Waals surface area contributed by atoms with Crippen molar-refractivity contribution >= 4 is 21.7 Å². The molecule has 0 bridgehead atoms. The fourth-order valence-electron chi connectivity index (χ4n) is 1.57. The molecule has 1 aromatic heterocycles. The monoisotopic (exact) mass is 300 g/mol. The minimum atomic E-state index is -0.509. The molecular formula is C10H6BrFN2O3. The normalized spacial score (nSPS) is 13.1. The van der Waals surface area contributed by atoms with E-state index in [2.05, 4.69) is 21.1 Å². The van der Waals surface area contributed by atoms with Crippen LogP contribution < -0.4 is 15.2 Å². The average Bonchev–Trinajstić information content (AvgIpc) is 2.91. The average molecular weight is 301 g/mol. The summed E-state index contributed by atoms with van der Waals surface area (Å²) in [7, 11) is 0. The summed E-state index contributed by atoms with van der Waals surface area (Å²) in [5, 5.41) is 3.51. The van der Waals surface area contributed by atoms with Crippen molar-refractivity contribution in [1.29, 1.82) is 0 Å². The Hall–Kier alpha value is -1.76. The van der Waals surface area contributed by atoms with Crippen LogP contribution in [0.1, 0.15) is 0 Å². The highest BCUT2D eigenvalue weighted by molar-refractivity contribution is 9.10. The van der Waals surface area contributed by atoms with Gasteiger partial charge in [0.2, 0.25) is 6.79 Å². The predicted octanol–water partition coefficient (Wildman–Crippen LogP) is 2.55. The van der Waals surface area contributed by atoms with E-state index >= 15 is 0 Å². The maximum absolute atomic E-state index is 14.0. The molecule has 0 aliphatic carbocycles. The van der Waals surface area contributed by atoms with Crippen molar-refractivity contribution in [2.75, 3.05) is 12.5 Å². The van der Waals surface area contributed by atoms with Gasteiger partial charge >= 0.3 is 0 Å². The molecule has 5 nitrogen and oxygen atoms in total. The summed E-state index contributed by atoms with van der Waals surface area (Å²) in [5.41, 5.74) is 5.64. The van der Waals surface area contributed by atoms with Gasteiger partial charge in [0.1, 0.15) is 4.47 Å². The molecule has 0 amide bonds. The van der Waals surface area contributed by atoms with E-state index in [1.165, 1.54) is 12.1 Å². The third kappa shape index (κ3) is 1.54. The standard InChI is InChI=1S/C10H6BrFN2O3/c11-8-9(12)4(5-2-7(13)14-17-5)1-6-10(8)16-3-15-6/h1-2H,3H2,(H2,13,14). The van der Waals surface area contributed by atoms with Crippen LogP contribution in [0.25, 0.3) is 11.3 Å². The topological polar surface area (TPSA) is 70.5 Å². The van der Waals surface area contributed by atoms with Gasteiger partial charge in [-0.1, -0.05) is 5.16 Å². The number of benzene rings is 1. The lowest BCUT2D eigenvalue weighted by Crippen LogP contribution is -1.93. The van der Waals surface area contributed by atoms with Gasteiger partial charge in [-0.15, -0.1) is 0 Å². The van der Waals surface area contributed by atoms with Crippen LogP contribution >= 0.6 is 15.9 Å². The molecule has 17 heavy (non-hydrogen) atoms. The number of nitrogens with two attached hydrogens (primary N) is 1. The Balaban J connectivity index is 2.21. The first-order valence-corrected chi connectivity index (χ1v) is 5.46. The van der Waals surface area contributed by atoms with Crippen LogP contribution in [-0.4, -0.2) is 11.9 Å². The van der Waals surface area contributed by atoms with Crippen LogP contribution in [0, 0.1) is 5.82 Å². The summed E-state index contributed by atoms with van der Waals surface area (Å²) in [5.74, 6) is 0.708. The van der Waals surface area contributed by atoms with E-state index in [1.54, 1.807) is 0 Å². The lowest BCUT2D eigenvalue weighted by Gasteiger charge is -2.04. The molecule has 2 N–H and O–H groups in total. The van der Waals surface area contributed by atoms with E-state index in [1.807, 2.05) is 0 Å². The Morgan fingerprint density at radius 1 is 1.35 bits per heavy atom. The molecule has 0 spiro atoms. The number of fused-ring (bicyclic) bond motifs is 1. The fourth-order valence-corrected chi connectivity index (χ4v) is 2.10. The summed E-state index contributed by atoms with van der Waals surface area (Å²) >= 11 is 3.11. The number of aromatic nitrogens is 1. The SMILES string of the molecule is Nc1cc(-c2cc3c(c(Br)c2F)OCO3)on1. The molecule has 1 aliphatic rings. The number of nitrogens with zero attached hydrogens (tertiary/aromatic N) is 1. The maximum atomic E-state index is 14.0. The summed E-state index contributed by atoms with van der Waals surface area (Å²) in [6.45, 7) is 0.0649. The quantitative estimate of drug-likeness (QED) is 0.876. The zero-order chi connectivity index (χ0) is 12.0. The highest BCUT2D eigenvalue weighted by Crippen LogP contribution is 2.44. The van der Waals surface area contributed by atoms with Gasteiger partial charge in [-0.25, -0.2) is 4.39 Å². The third-order valence-corrected chi connectivity index (χ3v) is 3.05. The van der Waals surface area contributed by atoms with Gasteiger partial charge in [-0.2, -0.15) is 0 Å². The van der Waals surface area contributed by atoms with Gasteiger partial charge in [0, 0.05) is 6.07 Å². The van der Waals surface area contributed by atoms with Crippen molar-refractivity contribution in [1.82, 2.24) is 5.16 Å². The molecule has 0 radical (unpaired) electrons. The van der Waals surface area contributed by atoms with Gasteiger partial charge in [0.15, 0.2) is 28.9 Å². The van der Waals surface area contributed by atoms with E-state index in [9.17, 15) is 4.39 Å². The zero-order valence-electron chi connectivity index (χ0n) is 8.37. The summed E-state index contributed by atoms with van der Waals surface area (Å²) in [6, 6.07) is 2.93. The first-order chi connectivity index (χ1) is 8.16. The Morgan fingerprint density at radius 2 is 2.18 bits per heavy atom. The summed E-state index contributed by atoms with van der Waals surface area (Å²) in [6.07, 6.45) is 0. The predicted molar refractivity (Wildman–Crippen MR) is 60.1 cm³/mol. The number of ether oxygens (including phenoxy) is 2. The molecule has 88 valence electrons. The Kier molecular flexibility index (Phi) is 2.22. The van der Waals surface area contributed by atoms with Crippen molar-refractivity contribution < 1.29 is 18.4 Å². The second-order valence-corrected chi connectivity index (χ2v) is 4.19. The van der Waals surface area contributed by atoms with Crippen LogP contribution in [-0.2, 0) is 0 Å². The molecule has 0 saturated carbocycles. The van der Waals surface area contributed by atoms with Crippen molar-refractivity contribution in [3.05, 3.63) is 22.4 Å². The molecular weight excluding hydrogens is 295 g/mol. The lowest BCUT2D eigenvalue weighted by molar-refractivity contribution is 0.173. The Bertz CT molecular complexity index is 599. The molecule has 0 atom stereocenters. The number of hydrogen-bond acceptors (Lipinski definition) is 5. The molecule has 1 aromatic carbocycles. The summed E-state index contributed by atoms with van der Waals surface area (Å²) < 4.78 is 29.5.